The molecule has 0 fully saturated rings. The smallest absolute Gasteiger partial charge is 0.306 e. The Morgan fingerprint density at radius 2 is 0.594 bits per heavy atom. The number of carbonyl (C=O) groups excluding carboxylic acids is 2. The molecule has 10 heteroatoms. The van der Waals surface area contributed by atoms with Crippen molar-refractivity contribution < 1.29 is 42.1 Å². The molecular weight excluding hydrogens is 1210 g/mol. The van der Waals surface area contributed by atoms with Crippen molar-refractivity contribution in [3.8, 4) is 0 Å². The predicted molar refractivity (Wildman–Crippen MR) is 415 cm³/mol. The molecule has 0 rings (SSSR count). The number of hydrogen-bond donors (Lipinski definition) is 0. The molecule has 2 unspecified atom stereocenters. The minimum atomic E-state index is -4.66. The molecule has 0 aliphatic rings. The van der Waals surface area contributed by atoms with Gasteiger partial charge in [0.1, 0.15) is 19.8 Å². The van der Waals surface area contributed by atoms with Gasteiger partial charge in [-0.3, -0.25) is 14.2 Å². The first kappa shape index (κ1) is 92.2. The van der Waals surface area contributed by atoms with Gasteiger partial charge < -0.3 is 27.9 Å². The van der Waals surface area contributed by atoms with Crippen molar-refractivity contribution >= 4 is 19.8 Å². The molecule has 552 valence electrons. The van der Waals surface area contributed by atoms with Crippen LogP contribution in [0.2, 0.25) is 0 Å². The van der Waals surface area contributed by atoms with Crippen molar-refractivity contribution in [3.05, 3.63) is 134 Å². The van der Waals surface area contributed by atoms with E-state index in [1.165, 1.54) is 205 Å². The second-order valence-electron chi connectivity index (χ2n) is 27.7. The fourth-order valence-corrected chi connectivity index (χ4v) is 11.8. The van der Waals surface area contributed by atoms with Crippen LogP contribution in [-0.4, -0.2) is 70.0 Å². The van der Waals surface area contributed by atoms with E-state index in [0.717, 1.165) is 109 Å². The van der Waals surface area contributed by atoms with Gasteiger partial charge in [-0.05, 0) is 116 Å². The first-order valence-electron chi connectivity index (χ1n) is 39.9. The van der Waals surface area contributed by atoms with Gasteiger partial charge in [-0.2, -0.15) is 0 Å². The summed E-state index contributed by atoms with van der Waals surface area (Å²) in [4.78, 5) is 38.2. The van der Waals surface area contributed by atoms with Crippen LogP contribution in [0.5, 0.6) is 0 Å². The largest absolute Gasteiger partial charge is 0.756 e. The van der Waals surface area contributed by atoms with Crippen molar-refractivity contribution in [2.75, 3.05) is 47.5 Å². The van der Waals surface area contributed by atoms with Crippen molar-refractivity contribution in [1.82, 2.24) is 0 Å². The number of unbranched alkanes of at least 4 members (excludes halogenated alkanes) is 37. The third-order valence-corrected chi connectivity index (χ3v) is 18.1. The minimum absolute atomic E-state index is 0.0370. The summed E-state index contributed by atoms with van der Waals surface area (Å²) < 4.78 is 34.4. The van der Waals surface area contributed by atoms with Gasteiger partial charge in [-0.1, -0.05) is 353 Å². The summed E-state index contributed by atoms with van der Waals surface area (Å²) in [7, 11) is 1.16. The van der Waals surface area contributed by atoms with E-state index in [9.17, 15) is 19.0 Å². The number of hydrogen-bond acceptors (Lipinski definition) is 8. The summed E-state index contributed by atoms with van der Waals surface area (Å²) in [6.07, 6.45) is 110. The van der Waals surface area contributed by atoms with Gasteiger partial charge in [-0.25, -0.2) is 0 Å². The first-order chi connectivity index (χ1) is 47.0. The van der Waals surface area contributed by atoms with Gasteiger partial charge in [0.05, 0.1) is 27.7 Å². The topological polar surface area (TPSA) is 111 Å². The highest BCUT2D eigenvalue weighted by atomic mass is 31.2. The molecule has 0 radical (unpaired) electrons. The molecule has 0 saturated carbocycles. The number of likely N-dealkylation sites (N-methyl/N-ethyl adjacent to an activating group) is 1. The van der Waals surface area contributed by atoms with Gasteiger partial charge in [-0.15, -0.1) is 0 Å². The number of carbonyl (C=O) groups is 2. The highest BCUT2D eigenvalue weighted by molar-refractivity contribution is 7.45. The number of rotatable bonds is 73. The maximum Gasteiger partial charge on any atom is 0.306 e. The van der Waals surface area contributed by atoms with Crippen LogP contribution in [0.3, 0.4) is 0 Å². The number of ether oxygens (including phenoxy) is 2. The van der Waals surface area contributed by atoms with E-state index >= 15 is 0 Å². The third-order valence-electron chi connectivity index (χ3n) is 17.2. The normalized spacial score (nSPS) is 13.8. The van der Waals surface area contributed by atoms with Crippen LogP contribution in [0.4, 0.5) is 0 Å². The molecule has 0 aliphatic carbocycles. The molecule has 0 heterocycles. The lowest BCUT2D eigenvalue weighted by Crippen LogP contribution is -2.37. The van der Waals surface area contributed by atoms with Crippen LogP contribution >= 0.6 is 7.82 Å². The van der Waals surface area contributed by atoms with Gasteiger partial charge in [0, 0.05) is 12.8 Å². The summed E-state index contributed by atoms with van der Waals surface area (Å²) in [6, 6.07) is 0. The van der Waals surface area contributed by atoms with E-state index in [2.05, 4.69) is 148 Å². The summed E-state index contributed by atoms with van der Waals surface area (Å²) in [5.74, 6) is -0.837. The Kier molecular flexibility index (Phi) is 72.3. The fraction of sp³-hybridized carbons (Fsp3) is 0.721. The zero-order valence-electron chi connectivity index (χ0n) is 63.0. The van der Waals surface area contributed by atoms with Gasteiger partial charge in [0.15, 0.2) is 6.10 Å². The van der Waals surface area contributed by atoms with E-state index in [-0.39, 0.29) is 32.0 Å². The molecule has 0 spiro atoms. The molecule has 0 aliphatic heterocycles. The number of allylic oxidation sites excluding steroid dienone is 22. The van der Waals surface area contributed by atoms with Crippen LogP contribution in [-0.2, 0) is 32.7 Å². The van der Waals surface area contributed by atoms with Crippen molar-refractivity contribution in [1.29, 1.82) is 0 Å². The lowest BCUT2D eigenvalue weighted by Gasteiger charge is -2.28. The molecule has 0 N–H and O–H groups in total. The van der Waals surface area contributed by atoms with E-state index in [1.807, 2.05) is 21.1 Å². The molecule has 0 aromatic carbocycles. The predicted octanol–water partition coefficient (Wildman–Crippen LogP) is 26.1. The Labute approximate surface area is 593 Å². The van der Waals surface area contributed by atoms with Gasteiger partial charge in [0.25, 0.3) is 7.82 Å². The van der Waals surface area contributed by atoms with Crippen molar-refractivity contribution in [3.63, 3.8) is 0 Å². The SMILES string of the molecule is CC/C=C\C/C=C\C/C=C\C/C=C\C/C=C\C/C=C\C/C=C\C/C=C\C/C=C\C/C=C\CCCCCCCCCCC(=O)OC(COC(=O)CCCCCCCCCCCCCCCCCCCCCCC/C=C\CCCCCCCCCC)COP(=O)([O-])OCC[N+](C)(C)C. The summed E-state index contributed by atoms with van der Waals surface area (Å²) in [6.45, 7) is 4.15. The molecule has 0 amide bonds. The molecule has 0 aromatic rings. The Morgan fingerprint density at radius 1 is 0.333 bits per heavy atom. The molecule has 0 bridgehead atoms. The quantitative estimate of drug-likeness (QED) is 0.0195. The zero-order chi connectivity index (χ0) is 69.7. The van der Waals surface area contributed by atoms with E-state index in [0.29, 0.717) is 17.4 Å². The Bertz CT molecular complexity index is 2090. The van der Waals surface area contributed by atoms with E-state index in [1.54, 1.807) is 0 Å². The molecule has 0 aromatic heterocycles. The standard InChI is InChI=1S/C86H150NO8P/c1-6-8-10-12-14-16-18-20-22-24-26-28-30-32-34-36-38-40-41-42-43-44-45-47-49-51-53-55-57-59-61-63-65-67-69-71-73-75-77-79-86(89)95-84(83-94-96(90,91)93-81-80-87(3,4)5)82-92-85(88)78-76-74-72-70-68-66-64-62-60-58-56-54-52-50-48-46-39-37-35-33-31-29-27-25-23-21-19-17-15-13-11-9-7-2/h8,10,14,16,20,22,25-28,32,34,38,40,42-43,45,47,51,53,57,59,84H,6-7,9,11-13,15,17-19,21,23-24,29-31,33,35-37,39,41,44,46,48-50,52,54-56,58,60-83H2,1-5H3/b10-8-,16-14-,22-20-,27-25-,28-26-,34-32-,40-38-,43-42-,47-45-,53-51-,59-57-. The lowest BCUT2D eigenvalue weighted by molar-refractivity contribution is -0.870. The summed E-state index contributed by atoms with van der Waals surface area (Å²) in [5, 5.41) is 0. The monoisotopic (exact) mass is 1360 g/mol. The number of nitrogens with zero attached hydrogens (tertiary/aromatic N) is 1. The highest BCUT2D eigenvalue weighted by Crippen LogP contribution is 2.38. The van der Waals surface area contributed by atoms with Crippen LogP contribution < -0.4 is 4.89 Å². The number of quaternary nitrogens is 1. The zero-order valence-corrected chi connectivity index (χ0v) is 63.9. The molecule has 96 heavy (non-hydrogen) atoms. The van der Waals surface area contributed by atoms with Crippen molar-refractivity contribution in [2.45, 2.75) is 354 Å². The molecule has 2 atom stereocenters. The lowest BCUT2D eigenvalue weighted by atomic mass is 10.0. The third kappa shape index (κ3) is 79.1. The molecule has 9 nitrogen and oxygen atoms in total. The first-order valence-corrected chi connectivity index (χ1v) is 41.4. The number of esters is 2. The Morgan fingerprint density at radius 3 is 0.896 bits per heavy atom. The summed E-state index contributed by atoms with van der Waals surface area (Å²) in [5.41, 5.74) is 0. The van der Waals surface area contributed by atoms with Crippen molar-refractivity contribution in [2.24, 2.45) is 0 Å². The van der Waals surface area contributed by atoms with Crippen LogP contribution in [0.1, 0.15) is 348 Å². The molecular formula is C86H150NO8P. The summed E-state index contributed by atoms with van der Waals surface area (Å²) >= 11 is 0. The van der Waals surface area contributed by atoms with E-state index < -0.39 is 26.5 Å². The highest BCUT2D eigenvalue weighted by Gasteiger charge is 2.22. The minimum Gasteiger partial charge on any atom is -0.756 e. The maximum absolute atomic E-state index is 12.9. The number of phosphoric ester groups is 1. The van der Waals surface area contributed by atoms with Crippen LogP contribution in [0.25, 0.3) is 0 Å². The number of phosphoric acid groups is 1. The fourth-order valence-electron chi connectivity index (χ4n) is 11.1. The maximum atomic E-state index is 12.9. The average molecular weight is 1360 g/mol. The molecule has 0 saturated heterocycles. The van der Waals surface area contributed by atoms with Crippen LogP contribution in [0, 0.1) is 0 Å². The van der Waals surface area contributed by atoms with Gasteiger partial charge in [0.2, 0.25) is 0 Å². The van der Waals surface area contributed by atoms with E-state index in [4.69, 9.17) is 18.5 Å². The second kappa shape index (κ2) is 75.4. The van der Waals surface area contributed by atoms with Gasteiger partial charge >= 0.3 is 11.9 Å². The Hall–Kier alpha value is -3.85. The second-order valence-corrected chi connectivity index (χ2v) is 29.1. The van der Waals surface area contributed by atoms with Crippen LogP contribution in [0.15, 0.2) is 134 Å². The average Bonchev–Trinajstić information content (AvgIpc) is 1.98. The Balaban J connectivity index is 4.04.